The molecule has 0 aliphatic rings. The number of para-hydroxylation sites is 1. The fraction of sp³-hybridized carbons (Fsp3) is 0.0526. The van der Waals surface area contributed by atoms with Gasteiger partial charge in [0.2, 0.25) is 11.8 Å². The molecule has 1 heterocycles. The number of methoxy groups -OCH3 is 1. The van der Waals surface area contributed by atoms with Crippen LogP contribution in [0.15, 0.2) is 60.8 Å². The Morgan fingerprint density at radius 3 is 2.41 bits per heavy atom. The van der Waals surface area contributed by atoms with Crippen LogP contribution in [-0.4, -0.2) is 29.0 Å². The lowest BCUT2D eigenvalue weighted by Gasteiger charge is -2.08. The molecule has 8 heteroatoms. The van der Waals surface area contributed by atoms with Gasteiger partial charge in [-0.2, -0.15) is 4.98 Å². The van der Waals surface area contributed by atoms with E-state index in [2.05, 4.69) is 20.0 Å². The number of carbonyl (C=O) groups is 2. The molecule has 1 aromatic heterocycles. The summed E-state index contributed by atoms with van der Waals surface area (Å²) in [5, 5.41) is 4.79. The predicted molar refractivity (Wildman–Crippen MR) is 99.3 cm³/mol. The van der Waals surface area contributed by atoms with E-state index in [0.717, 1.165) is 5.69 Å². The van der Waals surface area contributed by atoms with E-state index in [1.54, 1.807) is 29.6 Å². The number of nitrogens with one attached hydrogen (secondary N) is 1. The maximum absolute atomic E-state index is 11.7. The monoisotopic (exact) mass is 364 g/mol. The van der Waals surface area contributed by atoms with Gasteiger partial charge in [-0.3, -0.25) is 10.1 Å². The molecule has 2 aromatic carbocycles. The summed E-state index contributed by atoms with van der Waals surface area (Å²) in [6.45, 7) is 0. The van der Waals surface area contributed by atoms with Crippen LogP contribution in [0.1, 0.15) is 20.7 Å². The van der Waals surface area contributed by atoms with Crippen LogP contribution in [0.25, 0.3) is 0 Å². The van der Waals surface area contributed by atoms with Crippen LogP contribution >= 0.6 is 0 Å². The van der Waals surface area contributed by atoms with Gasteiger partial charge in [-0.25, -0.2) is 9.78 Å². The number of hydrogen-bond donors (Lipinski definition) is 3. The van der Waals surface area contributed by atoms with E-state index in [9.17, 15) is 9.59 Å². The summed E-state index contributed by atoms with van der Waals surface area (Å²) in [7, 11) is 1.33. The Hall–Kier alpha value is -3.78. The van der Waals surface area contributed by atoms with Crippen molar-refractivity contribution in [1.82, 2.24) is 9.97 Å². The van der Waals surface area contributed by atoms with Gasteiger partial charge in [-0.05, 0) is 36.4 Å². The largest absolute Gasteiger partial charge is 0.465 e. The van der Waals surface area contributed by atoms with Gasteiger partial charge in [-0.15, -0.1) is 0 Å². The fourth-order valence-electron chi connectivity index (χ4n) is 2.40. The normalized spacial score (nSPS) is 10.3. The van der Waals surface area contributed by atoms with Gasteiger partial charge in [0.15, 0.2) is 0 Å². The molecule has 3 aromatic rings. The quantitative estimate of drug-likeness (QED) is 0.451. The Morgan fingerprint density at radius 2 is 1.78 bits per heavy atom. The number of nitrogens with zero attached hydrogens (tertiary/aromatic N) is 2. The Kier molecular flexibility index (Phi) is 5.38. The topological polar surface area (TPSA) is 124 Å². The smallest absolute Gasteiger partial charge is 0.337 e. The van der Waals surface area contributed by atoms with E-state index in [-0.39, 0.29) is 5.56 Å². The van der Waals surface area contributed by atoms with E-state index in [1.807, 2.05) is 30.3 Å². The molecule has 27 heavy (non-hydrogen) atoms. The van der Waals surface area contributed by atoms with Gasteiger partial charge in [0.1, 0.15) is 11.3 Å². The van der Waals surface area contributed by atoms with Gasteiger partial charge in [0.05, 0.1) is 18.9 Å². The molecule has 0 fully saturated rings. The number of amides is 1. The predicted octanol–water partition coefficient (Wildman–Crippen LogP) is 1.63. The van der Waals surface area contributed by atoms with Gasteiger partial charge < -0.3 is 15.8 Å². The number of rotatable bonds is 6. The minimum atomic E-state index is -0.605. The van der Waals surface area contributed by atoms with Crippen LogP contribution < -0.4 is 16.4 Å². The third kappa shape index (κ3) is 4.44. The number of hydrogen-bond acceptors (Lipinski definition) is 6. The van der Waals surface area contributed by atoms with Crippen molar-refractivity contribution in [1.29, 1.82) is 0 Å². The van der Waals surface area contributed by atoms with Gasteiger partial charge in [0.25, 0.3) is 5.91 Å². The van der Waals surface area contributed by atoms with Crippen molar-refractivity contribution < 1.29 is 19.6 Å². The molecule has 0 aliphatic heterocycles. The van der Waals surface area contributed by atoms with Crippen molar-refractivity contribution >= 4 is 35.0 Å². The third-order valence-electron chi connectivity index (χ3n) is 3.75. The molecular formula is C19H18N5O3+. The summed E-state index contributed by atoms with van der Waals surface area (Å²) >= 11 is 0. The lowest BCUT2D eigenvalue weighted by Crippen LogP contribution is -2.72. The minimum absolute atomic E-state index is 0.227. The van der Waals surface area contributed by atoms with Gasteiger partial charge in [-0.1, -0.05) is 18.2 Å². The lowest BCUT2D eigenvalue weighted by molar-refractivity contribution is -0.483. The van der Waals surface area contributed by atoms with Crippen molar-refractivity contribution in [2.75, 3.05) is 12.4 Å². The van der Waals surface area contributed by atoms with E-state index in [4.69, 9.17) is 5.73 Å². The molecule has 0 bridgehead atoms. The first kappa shape index (κ1) is 18.0. The number of benzene rings is 2. The first-order valence-corrected chi connectivity index (χ1v) is 8.09. The Labute approximate surface area is 155 Å². The van der Waals surface area contributed by atoms with Crippen LogP contribution in [-0.2, 0) is 4.74 Å². The van der Waals surface area contributed by atoms with Crippen molar-refractivity contribution in [3.63, 3.8) is 0 Å². The molecule has 0 unspecified atom stereocenters. The number of anilines is 2. The summed E-state index contributed by atoms with van der Waals surface area (Å²) in [5.74, 6) is -0.306. The van der Waals surface area contributed by atoms with Crippen molar-refractivity contribution in [2.45, 2.75) is 0 Å². The van der Waals surface area contributed by atoms with Crippen LogP contribution in [0, 0.1) is 0 Å². The molecule has 0 spiro atoms. The highest BCUT2D eigenvalue weighted by Gasteiger charge is 2.17. The van der Waals surface area contributed by atoms with Crippen LogP contribution in [0.2, 0.25) is 0 Å². The first-order valence-electron chi connectivity index (χ1n) is 8.09. The highest BCUT2D eigenvalue weighted by atomic mass is 16.5. The van der Waals surface area contributed by atoms with Crippen LogP contribution in [0.4, 0.5) is 23.1 Å². The molecule has 0 saturated heterocycles. The van der Waals surface area contributed by atoms with Crippen LogP contribution in [0.5, 0.6) is 0 Å². The number of primary amides is 1. The highest BCUT2D eigenvalue weighted by Crippen LogP contribution is 2.17. The second kappa shape index (κ2) is 8.07. The SMILES string of the molecule is COC(=O)c1ccc(Nc2ncc(C(N)=O)c([NH2+]c3ccccc3)n2)cc1. The standard InChI is InChI=1S/C19H17N5O3/c1-27-18(26)12-7-9-14(10-8-12)23-19-21-11-15(16(20)25)17(24-19)22-13-5-3-2-4-6-13/h2-11H,1H3,(H2,20,25)(H2,21,22,23,24)/p+1. The summed E-state index contributed by atoms with van der Waals surface area (Å²) in [6, 6.07) is 16.1. The molecule has 0 saturated carbocycles. The Balaban J connectivity index is 1.84. The van der Waals surface area contributed by atoms with Crippen molar-refractivity contribution in [3.05, 3.63) is 71.9 Å². The van der Waals surface area contributed by atoms with E-state index >= 15 is 0 Å². The molecule has 0 aliphatic carbocycles. The number of nitrogens with two attached hydrogens (primary N) is 2. The lowest BCUT2D eigenvalue weighted by atomic mass is 10.2. The summed E-state index contributed by atoms with van der Waals surface area (Å²) in [4.78, 5) is 31.7. The van der Waals surface area contributed by atoms with Gasteiger partial charge in [0, 0.05) is 5.69 Å². The van der Waals surface area contributed by atoms with Crippen LogP contribution in [0.3, 0.4) is 0 Å². The summed E-state index contributed by atoms with van der Waals surface area (Å²) in [6.07, 6.45) is 1.38. The van der Waals surface area contributed by atoms with Crippen molar-refractivity contribution in [2.24, 2.45) is 5.73 Å². The van der Waals surface area contributed by atoms with E-state index < -0.39 is 11.9 Å². The maximum Gasteiger partial charge on any atom is 0.337 e. The molecule has 3 rings (SSSR count). The number of esters is 1. The summed E-state index contributed by atoms with van der Waals surface area (Å²) in [5.41, 5.74) is 7.65. The zero-order valence-electron chi connectivity index (χ0n) is 14.5. The number of carbonyl (C=O) groups excluding carboxylic acids is 2. The zero-order chi connectivity index (χ0) is 19.2. The molecule has 0 radical (unpaired) electrons. The number of ether oxygens (including phenoxy) is 1. The Bertz CT molecular complexity index is 959. The van der Waals surface area contributed by atoms with Gasteiger partial charge >= 0.3 is 5.97 Å². The average Bonchev–Trinajstić information content (AvgIpc) is 2.69. The molecular weight excluding hydrogens is 346 g/mol. The molecule has 0 atom stereocenters. The fourth-order valence-corrected chi connectivity index (χ4v) is 2.40. The zero-order valence-corrected chi connectivity index (χ0v) is 14.5. The minimum Gasteiger partial charge on any atom is -0.465 e. The molecule has 136 valence electrons. The first-order chi connectivity index (χ1) is 13.1. The molecule has 5 N–H and O–H groups in total. The van der Waals surface area contributed by atoms with E-state index in [1.165, 1.54) is 13.3 Å². The number of quaternary nitrogens is 1. The molecule has 1 amide bonds. The van der Waals surface area contributed by atoms with E-state index in [0.29, 0.717) is 23.0 Å². The third-order valence-corrected chi connectivity index (χ3v) is 3.75. The van der Waals surface area contributed by atoms with Crippen molar-refractivity contribution in [3.8, 4) is 0 Å². The second-order valence-electron chi connectivity index (χ2n) is 5.61. The summed E-state index contributed by atoms with van der Waals surface area (Å²) < 4.78 is 4.67. The average molecular weight is 364 g/mol. The maximum atomic E-state index is 11.7. The Morgan fingerprint density at radius 1 is 1.07 bits per heavy atom. The second-order valence-corrected chi connectivity index (χ2v) is 5.61. The number of aromatic nitrogens is 2. The molecule has 8 nitrogen and oxygen atoms in total. The highest BCUT2D eigenvalue weighted by molar-refractivity contribution is 5.96.